The molecule has 0 radical (unpaired) electrons. The molecule has 2 atom stereocenters. The van der Waals surface area contributed by atoms with Gasteiger partial charge in [0.1, 0.15) is 12.4 Å². The summed E-state index contributed by atoms with van der Waals surface area (Å²) in [5, 5.41) is 2.54. The highest BCUT2D eigenvalue weighted by atomic mass is 19.1. The highest BCUT2D eigenvalue weighted by Crippen LogP contribution is 2.36. The maximum atomic E-state index is 13.7. The lowest BCUT2D eigenvalue weighted by atomic mass is 9.98. The molecule has 6 nitrogen and oxygen atoms in total. The van der Waals surface area contributed by atoms with E-state index in [4.69, 9.17) is 9.47 Å². The average molecular weight is 323 g/mol. The van der Waals surface area contributed by atoms with Gasteiger partial charge in [-0.3, -0.25) is 14.7 Å². The fourth-order valence-corrected chi connectivity index (χ4v) is 3.30. The summed E-state index contributed by atoms with van der Waals surface area (Å²) in [6.45, 7) is 2.75. The Bertz CT molecular complexity index is 571. The van der Waals surface area contributed by atoms with E-state index in [9.17, 15) is 9.18 Å². The minimum atomic E-state index is -0.271. The zero-order valence-corrected chi connectivity index (χ0v) is 13.3. The van der Waals surface area contributed by atoms with Crippen LogP contribution in [-0.4, -0.2) is 60.8 Å². The molecule has 0 unspecified atom stereocenters. The molecular formula is C16H22FN3O3. The quantitative estimate of drug-likeness (QED) is 0.865. The lowest BCUT2D eigenvalue weighted by Crippen LogP contribution is -2.33. The van der Waals surface area contributed by atoms with E-state index in [-0.39, 0.29) is 30.0 Å². The van der Waals surface area contributed by atoms with E-state index >= 15 is 0 Å². The monoisotopic (exact) mass is 323 g/mol. The molecule has 23 heavy (non-hydrogen) atoms. The number of carbonyl (C=O) groups excluding carboxylic acids is 1. The van der Waals surface area contributed by atoms with Crippen molar-refractivity contribution in [3.8, 4) is 0 Å². The summed E-state index contributed by atoms with van der Waals surface area (Å²) in [6.07, 6.45) is 4.48. The van der Waals surface area contributed by atoms with Crippen molar-refractivity contribution in [1.82, 2.24) is 15.2 Å². The van der Waals surface area contributed by atoms with Gasteiger partial charge in [0.2, 0.25) is 5.91 Å². The number of hydrogen-bond acceptors (Lipinski definition) is 5. The predicted octanol–water partition coefficient (Wildman–Crippen LogP) is 0.717. The van der Waals surface area contributed by atoms with Gasteiger partial charge in [0, 0.05) is 44.9 Å². The van der Waals surface area contributed by atoms with Crippen LogP contribution in [0.15, 0.2) is 18.5 Å². The van der Waals surface area contributed by atoms with Crippen molar-refractivity contribution in [2.45, 2.75) is 31.1 Å². The lowest BCUT2D eigenvalue weighted by molar-refractivity contribution is -0.127. The van der Waals surface area contributed by atoms with Crippen LogP contribution in [0.25, 0.3) is 0 Å². The smallest absolute Gasteiger partial charge is 0.245 e. The molecule has 2 saturated heterocycles. The zero-order valence-electron chi connectivity index (χ0n) is 13.3. The van der Waals surface area contributed by atoms with E-state index in [2.05, 4.69) is 15.2 Å². The number of hydrogen-bond donors (Lipinski definition) is 1. The first-order chi connectivity index (χ1) is 11.1. The number of aromatic nitrogens is 1. The van der Waals surface area contributed by atoms with Crippen LogP contribution in [0.5, 0.6) is 0 Å². The summed E-state index contributed by atoms with van der Waals surface area (Å²) >= 11 is 0. The molecule has 0 saturated carbocycles. The fourth-order valence-electron chi connectivity index (χ4n) is 3.30. The Kier molecular flexibility index (Phi) is 4.89. The first kappa shape index (κ1) is 16.3. The third kappa shape index (κ3) is 3.85. The molecule has 2 fully saturated rings. The normalized spacial score (nSPS) is 27.7. The van der Waals surface area contributed by atoms with E-state index in [1.807, 2.05) is 0 Å². The lowest BCUT2D eigenvalue weighted by Gasteiger charge is -2.23. The van der Waals surface area contributed by atoms with Crippen LogP contribution in [-0.2, 0) is 20.8 Å². The molecule has 1 aromatic rings. The van der Waals surface area contributed by atoms with Gasteiger partial charge < -0.3 is 14.8 Å². The molecule has 0 bridgehead atoms. The molecule has 3 rings (SSSR count). The van der Waals surface area contributed by atoms with Gasteiger partial charge in [-0.25, -0.2) is 4.39 Å². The number of nitrogens with zero attached hydrogens (tertiary/aromatic N) is 2. The first-order valence-corrected chi connectivity index (χ1v) is 7.87. The molecule has 1 amide bonds. The van der Waals surface area contributed by atoms with Crippen molar-refractivity contribution in [3.63, 3.8) is 0 Å². The van der Waals surface area contributed by atoms with E-state index < -0.39 is 0 Å². The second-order valence-corrected chi connectivity index (χ2v) is 6.23. The molecule has 7 heteroatoms. The summed E-state index contributed by atoms with van der Waals surface area (Å²) in [5.74, 6) is -0.403. The van der Waals surface area contributed by atoms with Gasteiger partial charge in [-0.15, -0.1) is 0 Å². The first-order valence-electron chi connectivity index (χ1n) is 7.87. The van der Waals surface area contributed by atoms with Crippen LogP contribution in [0.4, 0.5) is 4.39 Å². The Hall–Kier alpha value is -1.57. The molecule has 2 aliphatic rings. The predicted molar refractivity (Wildman–Crippen MR) is 81.2 cm³/mol. The van der Waals surface area contributed by atoms with E-state index in [0.29, 0.717) is 18.7 Å². The Balaban J connectivity index is 1.51. The summed E-state index contributed by atoms with van der Waals surface area (Å²) in [7, 11) is 1.59. The van der Waals surface area contributed by atoms with Crippen LogP contribution < -0.4 is 5.32 Å². The maximum Gasteiger partial charge on any atom is 0.245 e. The van der Waals surface area contributed by atoms with Crippen molar-refractivity contribution in [1.29, 1.82) is 0 Å². The van der Waals surface area contributed by atoms with Gasteiger partial charge in [-0.2, -0.15) is 0 Å². The van der Waals surface area contributed by atoms with Gasteiger partial charge in [0.25, 0.3) is 0 Å². The summed E-state index contributed by atoms with van der Waals surface area (Å²) < 4.78 is 25.3. The highest BCUT2D eigenvalue weighted by Gasteiger charge is 2.45. The number of ether oxygens (including phenoxy) is 2. The van der Waals surface area contributed by atoms with Crippen LogP contribution in [0, 0.1) is 5.82 Å². The van der Waals surface area contributed by atoms with E-state index in [1.54, 1.807) is 19.3 Å². The van der Waals surface area contributed by atoms with Crippen molar-refractivity contribution in [2.75, 3.05) is 33.4 Å². The maximum absolute atomic E-state index is 13.7. The molecule has 126 valence electrons. The van der Waals surface area contributed by atoms with Crippen molar-refractivity contribution in [3.05, 3.63) is 29.8 Å². The standard InChI is InChI=1S/C16H22FN3O3/c1-18-15(21)10-22-13-6-16(23-9-13)3-5-20(11-16)8-12-2-4-19-7-14(12)17/h2,4,7,13H,3,5-6,8-11H2,1H3,(H,18,21)/t13-,16+/m1/s1. The number of carbonyl (C=O) groups is 1. The molecule has 2 aliphatic heterocycles. The largest absolute Gasteiger partial charge is 0.371 e. The molecule has 1 aromatic heterocycles. The molecular weight excluding hydrogens is 301 g/mol. The van der Waals surface area contributed by atoms with E-state index in [0.717, 1.165) is 25.9 Å². The Morgan fingerprint density at radius 1 is 1.65 bits per heavy atom. The fraction of sp³-hybridized carbons (Fsp3) is 0.625. The third-order valence-electron chi connectivity index (χ3n) is 4.55. The van der Waals surface area contributed by atoms with E-state index in [1.165, 1.54) is 6.20 Å². The zero-order chi connectivity index (χ0) is 16.3. The van der Waals surface area contributed by atoms with Crippen molar-refractivity contribution < 1.29 is 18.7 Å². The van der Waals surface area contributed by atoms with Gasteiger partial charge in [-0.1, -0.05) is 0 Å². The molecule has 1 N–H and O–H groups in total. The number of likely N-dealkylation sites (N-methyl/N-ethyl adjacent to an activating group) is 1. The van der Waals surface area contributed by atoms with Crippen molar-refractivity contribution >= 4 is 5.91 Å². The van der Waals surface area contributed by atoms with Crippen LogP contribution in [0.3, 0.4) is 0 Å². The average Bonchev–Trinajstić information content (AvgIpc) is 3.14. The summed E-state index contributed by atoms with van der Waals surface area (Å²) in [6, 6.07) is 1.71. The third-order valence-corrected chi connectivity index (χ3v) is 4.55. The number of pyridine rings is 1. The van der Waals surface area contributed by atoms with Crippen LogP contribution in [0.1, 0.15) is 18.4 Å². The number of amides is 1. The molecule has 1 spiro atoms. The molecule has 0 aliphatic carbocycles. The minimum absolute atomic E-state index is 0.0510. The van der Waals surface area contributed by atoms with Gasteiger partial charge in [0.05, 0.1) is 24.5 Å². The van der Waals surface area contributed by atoms with Crippen LogP contribution >= 0.6 is 0 Å². The van der Waals surface area contributed by atoms with Crippen LogP contribution in [0.2, 0.25) is 0 Å². The highest BCUT2D eigenvalue weighted by molar-refractivity contribution is 5.76. The second kappa shape index (κ2) is 6.90. The summed E-state index contributed by atoms with van der Waals surface area (Å²) in [5.41, 5.74) is 0.430. The number of likely N-dealkylation sites (tertiary alicyclic amines) is 1. The number of halogens is 1. The Labute approximate surface area is 135 Å². The number of rotatable bonds is 5. The van der Waals surface area contributed by atoms with Crippen molar-refractivity contribution in [2.24, 2.45) is 0 Å². The van der Waals surface area contributed by atoms with Gasteiger partial charge >= 0.3 is 0 Å². The second-order valence-electron chi connectivity index (χ2n) is 6.23. The molecule has 3 heterocycles. The van der Waals surface area contributed by atoms with Gasteiger partial charge in [0.15, 0.2) is 0 Å². The number of nitrogens with one attached hydrogen (secondary N) is 1. The molecule has 0 aromatic carbocycles. The minimum Gasteiger partial charge on any atom is -0.371 e. The summed E-state index contributed by atoms with van der Waals surface area (Å²) in [4.78, 5) is 17.2. The SMILES string of the molecule is CNC(=O)CO[C@H]1CO[C@@]2(CCN(Cc3ccncc3F)C2)C1. The Morgan fingerprint density at radius 2 is 2.52 bits per heavy atom. The Morgan fingerprint density at radius 3 is 3.30 bits per heavy atom. The van der Waals surface area contributed by atoms with Gasteiger partial charge in [-0.05, 0) is 12.5 Å². The topological polar surface area (TPSA) is 63.7 Å².